The van der Waals surface area contributed by atoms with Crippen LogP contribution in [0.25, 0.3) is 0 Å². The summed E-state index contributed by atoms with van der Waals surface area (Å²) in [5.41, 5.74) is 21.0. The molecule has 0 radical (unpaired) electrons. The van der Waals surface area contributed by atoms with Gasteiger partial charge < -0.3 is 22.9 Å². The molecule has 0 aromatic heterocycles. The van der Waals surface area contributed by atoms with Crippen molar-refractivity contribution in [2.75, 3.05) is 0 Å². The van der Waals surface area contributed by atoms with Crippen LogP contribution in [0.4, 0.5) is 0 Å². The zero-order valence-electron chi connectivity index (χ0n) is 7.67. The number of nitrogens with two attached hydrogens (primary N) is 4. The Morgan fingerprint density at radius 2 is 0.571 bits per heavy atom. The third-order valence-electron chi connectivity index (χ3n) is 1.78. The minimum atomic E-state index is 0. The zero-order valence-corrected chi connectivity index (χ0v) is 10.9. The Kier molecular flexibility index (Phi) is 18.3. The third-order valence-corrected chi connectivity index (χ3v) is 1.78. The molecule has 0 aromatic rings. The van der Waals surface area contributed by atoms with Crippen molar-refractivity contribution in [2.45, 2.75) is 37.0 Å². The summed E-state index contributed by atoms with van der Waals surface area (Å²) in [6.45, 7) is 0. The van der Waals surface area contributed by atoms with Crippen LogP contribution in [0, 0.1) is 0 Å². The summed E-state index contributed by atoms with van der Waals surface area (Å²) in [7, 11) is 0. The Bertz CT molecular complexity index is 102. The van der Waals surface area contributed by atoms with Gasteiger partial charge in [0.1, 0.15) is 0 Å². The molecule has 92 valence electrons. The highest BCUT2D eigenvalue weighted by molar-refractivity contribution is 5.86. The Morgan fingerprint density at radius 1 is 0.500 bits per heavy atom. The van der Waals surface area contributed by atoms with Crippen LogP contribution >= 0.6 is 49.6 Å². The summed E-state index contributed by atoms with van der Waals surface area (Å²) in [6.07, 6.45) is 2.06. The van der Waals surface area contributed by atoms with Gasteiger partial charge in [0.25, 0.3) is 0 Å². The first kappa shape index (κ1) is 24.3. The average Bonchev–Trinajstić information content (AvgIpc) is 2.62. The van der Waals surface area contributed by atoms with Gasteiger partial charge in [-0.2, -0.15) is 0 Å². The molecule has 2 aliphatic rings. The predicted molar refractivity (Wildman–Crippen MR) is 70.1 cm³/mol. The van der Waals surface area contributed by atoms with E-state index in [4.69, 9.17) is 22.9 Å². The van der Waals surface area contributed by atoms with Crippen molar-refractivity contribution in [1.82, 2.24) is 0 Å². The van der Waals surface area contributed by atoms with Crippen molar-refractivity contribution >= 4 is 49.6 Å². The highest BCUT2D eigenvalue weighted by Crippen LogP contribution is 2.13. The molecule has 14 heavy (non-hydrogen) atoms. The Morgan fingerprint density at radius 3 is 0.571 bits per heavy atom. The summed E-state index contributed by atoms with van der Waals surface area (Å²) >= 11 is 0. The van der Waals surface area contributed by atoms with Crippen LogP contribution in [0.5, 0.6) is 0 Å². The van der Waals surface area contributed by atoms with Crippen LogP contribution in [0.1, 0.15) is 12.8 Å². The minimum Gasteiger partial charge on any atom is -0.326 e. The molecule has 2 aliphatic carbocycles. The van der Waals surface area contributed by atoms with Crippen LogP contribution in [0.2, 0.25) is 0 Å². The van der Waals surface area contributed by atoms with E-state index in [1.165, 1.54) is 0 Å². The summed E-state index contributed by atoms with van der Waals surface area (Å²) in [4.78, 5) is 0. The molecule has 0 bridgehead atoms. The number of hydrogen-bond donors (Lipinski definition) is 4. The number of hydrogen-bond acceptors (Lipinski definition) is 4. The first-order valence-electron chi connectivity index (χ1n) is 3.63. The molecule has 4 atom stereocenters. The van der Waals surface area contributed by atoms with Crippen LogP contribution in [0.3, 0.4) is 0 Å². The molecule has 0 aliphatic heterocycles. The summed E-state index contributed by atoms with van der Waals surface area (Å²) in [5, 5.41) is 0. The van der Waals surface area contributed by atoms with E-state index < -0.39 is 0 Å². The Hall–Kier alpha value is 1.000. The number of halogens is 4. The van der Waals surface area contributed by atoms with Crippen LogP contribution in [-0.4, -0.2) is 24.2 Å². The molecular formula is C6H20Cl4N4. The Balaban J connectivity index is -0.0000000556. The van der Waals surface area contributed by atoms with E-state index >= 15 is 0 Å². The second kappa shape index (κ2) is 10.5. The van der Waals surface area contributed by atoms with Gasteiger partial charge in [-0.05, 0) is 12.8 Å². The lowest BCUT2D eigenvalue weighted by atomic mass is 10.7. The standard InChI is InChI=1S/2C3H8N2.4ClH/c2*4-2-1-3(2)5;;;;/h2*2-3H,1,4-5H2;4*1H/t2*2-,3+;;;;. The molecule has 0 heterocycles. The quantitative estimate of drug-likeness (QED) is 0.495. The van der Waals surface area contributed by atoms with Gasteiger partial charge in [-0.25, -0.2) is 0 Å². The normalized spacial score (nSPS) is 35.1. The van der Waals surface area contributed by atoms with Gasteiger partial charge >= 0.3 is 0 Å². The molecule has 0 unspecified atom stereocenters. The average molecular weight is 290 g/mol. The predicted octanol–water partition coefficient (Wildman–Crippen LogP) is -0.223. The molecule has 0 saturated heterocycles. The smallest absolute Gasteiger partial charge is 0.0208 e. The first-order valence-corrected chi connectivity index (χ1v) is 3.63. The number of rotatable bonds is 0. The molecule has 2 fully saturated rings. The first-order chi connectivity index (χ1) is 4.61. The topological polar surface area (TPSA) is 104 Å². The van der Waals surface area contributed by atoms with Gasteiger partial charge in [-0.3, -0.25) is 0 Å². The minimum absolute atomic E-state index is 0. The fourth-order valence-corrected chi connectivity index (χ4v) is 0.471. The zero-order chi connectivity index (χ0) is 7.72. The molecule has 8 heteroatoms. The van der Waals surface area contributed by atoms with Crippen LogP contribution in [-0.2, 0) is 0 Å². The molecule has 0 amide bonds. The molecule has 2 saturated carbocycles. The van der Waals surface area contributed by atoms with E-state index in [2.05, 4.69) is 0 Å². The van der Waals surface area contributed by atoms with Crippen LogP contribution in [0.15, 0.2) is 0 Å². The van der Waals surface area contributed by atoms with Crippen molar-refractivity contribution in [3.05, 3.63) is 0 Å². The maximum Gasteiger partial charge on any atom is 0.0208 e. The summed E-state index contributed by atoms with van der Waals surface area (Å²) < 4.78 is 0. The van der Waals surface area contributed by atoms with Gasteiger partial charge in [0, 0.05) is 24.2 Å². The van der Waals surface area contributed by atoms with Gasteiger partial charge in [0.15, 0.2) is 0 Å². The van der Waals surface area contributed by atoms with Crippen molar-refractivity contribution in [1.29, 1.82) is 0 Å². The van der Waals surface area contributed by atoms with Crippen molar-refractivity contribution < 1.29 is 0 Å². The largest absolute Gasteiger partial charge is 0.326 e. The lowest BCUT2D eigenvalue weighted by Crippen LogP contribution is -2.12. The van der Waals surface area contributed by atoms with E-state index in [1.807, 2.05) is 0 Å². The van der Waals surface area contributed by atoms with E-state index in [1.54, 1.807) is 0 Å². The monoisotopic (exact) mass is 288 g/mol. The van der Waals surface area contributed by atoms with Gasteiger partial charge in [0.05, 0.1) is 0 Å². The molecule has 2 rings (SSSR count). The molecule has 0 spiro atoms. The molecule has 0 aromatic carbocycles. The third kappa shape index (κ3) is 11.1. The highest BCUT2D eigenvalue weighted by atomic mass is 35.5. The SMILES string of the molecule is Cl.Cl.Cl.Cl.N[C@@H]1C[C@@H]1N.N[C@@H]1C[C@@H]1N. The lowest BCUT2D eigenvalue weighted by Gasteiger charge is -1.70. The second-order valence-electron chi connectivity index (χ2n) is 3.13. The molecular weight excluding hydrogens is 270 g/mol. The molecule has 8 N–H and O–H groups in total. The van der Waals surface area contributed by atoms with E-state index in [-0.39, 0.29) is 49.6 Å². The summed E-state index contributed by atoms with van der Waals surface area (Å²) in [6, 6.07) is 1.31. The Labute approximate surface area is 110 Å². The van der Waals surface area contributed by atoms with E-state index in [0.29, 0.717) is 24.2 Å². The maximum absolute atomic E-state index is 5.24. The highest BCUT2D eigenvalue weighted by Gasteiger charge is 2.28. The van der Waals surface area contributed by atoms with Gasteiger partial charge in [0.2, 0.25) is 0 Å². The van der Waals surface area contributed by atoms with Crippen LogP contribution < -0.4 is 22.9 Å². The fourth-order valence-electron chi connectivity index (χ4n) is 0.471. The van der Waals surface area contributed by atoms with Crippen molar-refractivity contribution in [3.8, 4) is 0 Å². The lowest BCUT2D eigenvalue weighted by molar-refractivity contribution is 0.962. The maximum atomic E-state index is 5.24. The molecule has 4 nitrogen and oxygen atoms in total. The van der Waals surface area contributed by atoms with Gasteiger partial charge in [-0.15, -0.1) is 49.6 Å². The van der Waals surface area contributed by atoms with Crippen molar-refractivity contribution in [3.63, 3.8) is 0 Å². The second-order valence-corrected chi connectivity index (χ2v) is 3.13. The van der Waals surface area contributed by atoms with E-state index in [9.17, 15) is 0 Å². The summed E-state index contributed by atoms with van der Waals surface area (Å²) in [5.74, 6) is 0. The van der Waals surface area contributed by atoms with Crippen molar-refractivity contribution in [2.24, 2.45) is 22.9 Å². The fraction of sp³-hybridized carbons (Fsp3) is 1.00. The van der Waals surface area contributed by atoms with Gasteiger partial charge in [-0.1, -0.05) is 0 Å². The van der Waals surface area contributed by atoms with E-state index in [0.717, 1.165) is 12.8 Å².